The topological polar surface area (TPSA) is 38.1 Å². The molecule has 0 amide bonds. The fraction of sp³-hybridized carbons (Fsp3) is 0.462. The van der Waals surface area contributed by atoms with E-state index in [2.05, 4.69) is 33.3 Å². The molecule has 1 aliphatic heterocycles. The molecular formula is C13H16N2OS. The number of thiophene rings is 1. The number of aromatic nitrogens is 2. The molecule has 2 aromatic rings. The zero-order valence-electron chi connectivity index (χ0n) is 9.67. The first kappa shape index (κ1) is 11.0. The molecule has 1 unspecified atom stereocenters. The van der Waals surface area contributed by atoms with Crippen molar-refractivity contribution < 1.29 is 5.11 Å². The molecule has 0 saturated heterocycles. The van der Waals surface area contributed by atoms with Crippen LogP contribution in [0.4, 0.5) is 0 Å². The summed E-state index contributed by atoms with van der Waals surface area (Å²) in [6.07, 6.45) is 5.14. The van der Waals surface area contributed by atoms with Crippen molar-refractivity contribution in [3.8, 4) is 0 Å². The number of imidazole rings is 1. The van der Waals surface area contributed by atoms with Crippen LogP contribution in [0.15, 0.2) is 23.7 Å². The lowest BCUT2D eigenvalue weighted by molar-refractivity contribution is 0.190. The maximum absolute atomic E-state index is 9.20. The Morgan fingerprint density at radius 2 is 2.47 bits per heavy atom. The van der Waals surface area contributed by atoms with E-state index in [4.69, 9.17) is 0 Å². The van der Waals surface area contributed by atoms with Gasteiger partial charge in [-0.25, -0.2) is 4.98 Å². The van der Waals surface area contributed by atoms with E-state index in [-0.39, 0.29) is 6.61 Å². The van der Waals surface area contributed by atoms with Gasteiger partial charge in [-0.15, -0.1) is 11.3 Å². The Hall–Kier alpha value is -1.13. The van der Waals surface area contributed by atoms with Crippen LogP contribution in [0, 0.1) is 5.92 Å². The number of hydrogen-bond acceptors (Lipinski definition) is 3. The van der Waals surface area contributed by atoms with E-state index in [0.29, 0.717) is 5.92 Å². The standard InChI is InChI=1S/C13H16N2OS/c16-9-10-3-4-13-14-11(8-15(13)7-10)6-12-2-1-5-17-12/h1-2,5,8,10,16H,3-4,6-7,9H2. The Bertz CT molecular complexity index is 489. The van der Waals surface area contributed by atoms with Crippen molar-refractivity contribution in [1.29, 1.82) is 0 Å². The van der Waals surface area contributed by atoms with Crippen molar-refractivity contribution in [2.45, 2.75) is 25.8 Å². The Morgan fingerprint density at radius 3 is 3.24 bits per heavy atom. The van der Waals surface area contributed by atoms with Crippen molar-refractivity contribution in [3.05, 3.63) is 40.1 Å². The normalized spacial score (nSPS) is 19.2. The summed E-state index contributed by atoms with van der Waals surface area (Å²) in [6, 6.07) is 4.23. The first-order chi connectivity index (χ1) is 8.35. The first-order valence-corrected chi connectivity index (χ1v) is 6.91. The fourth-order valence-corrected chi connectivity index (χ4v) is 3.12. The molecule has 0 fully saturated rings. The van der Waals surface area contributed by atoms with E-state index in [1.165, 1.54) is 10.7 Å². The van der Waals surface area contributed by atoms with E-state index in [9.17, 15) is 5.11 Å². The summed E-state index contributed by atoms with van der Waals surface area (Å²) >= 11 is 1.78. The van der Waals surface area contributed by atoms with Crippen LogP contribution in [-0.4, -0.2) is 21.3 Å². The number of rotatable bonds is 3. The van der Waals surface area contributed by atoms with Gasteiger partial charge in [-0.2, -0.15) is 0 Å². The molecule has 1 atom stereocenters. The Labute approximate surface area is 105 Å². The van der Waals surface area contributed by atoms with E-state index in [1.54, 1.807) is 11.3 Å². The van der Waals surface area contributed by atoms with Crippen molar-refractivity contribution in [3.63, 3.8) is 0 Å². The molecule has 0 bridgehead atoms. The van der Waals surface area contributed by atoms with Gasteiger partial charge >= 0.3 is 0 Å². The minimum absolute atomic E-state index is 0.290. The molecule has 0 aromatic carbocycles. The lowest BCUT2D eigenvalue weighted by Gasteiger charge is -2.21. The zero-order chi connectivity index (χ0) is 11.7. The smallest absolute Gasteiger partial charge is 0.109 e. The van der Waals surface area contributed by atoms with E-state index in [1.807, 2.05) is 0 Å². The van der Waals surface area contributed by atoms with Gasteiger partial charge in [0.25, 0.3) is 0 Å². The van der Waals surface area contributed by atoms with Gasteiger partial charge in [0, 0.05) is 43.0 Å². The minimum atomic E-state index is 0.290. The maximum atomic E-state index is 9.20. The highest BCUT2D eigenvalue weighted by molar-refractivity contribution is 7.09. The second-order valence-corrected chi connectivity index (χ2v) is 5.68. The third-order valence-corrected chi connectivity index (χ3v) is 4.21. The highest BCUT2D eigenvalue weighted by atomic mass is 32.1. The third-order valence-electron chi connectivity index (χ3n) is 3.33. The second kappa shape index (κ2) is 4.63. The van der Waals surface area contributed by atoms with E-state index < -0.39 is 0 Å². The highest BCUT2D eigenvalue weighted by Crippen LogP contribution is 2.21. The first-order valence-electron chi connectivity index (χ1n) is 6.03. The summed E-state index contributed by atoms with van der Waals surface area (Å²) in [6.45, 7) is 1.21. The van der Waals surface area contributed by atoms with Crippen LogP contribution < -0.4 is 0 Å². The van der Waals surface area contributed by atoms with Crippen molar-refractivity contribution in [1.82, 2.24) is 9.55 Å². The van der Waals surface area contributed by atoms with E-state index >= 15 is 0 Å². The molecule has 1 N–H and O–H groups in total. The van der Waals surface area contributed by atoms with Gasteiger partial charge in [0.15, 0.2) is 0 Å². The highest BCUT2D eigenvalue weighted by Gasteiger charge is 2.19. The van der Waals surface area contributed by atoms with Crippen LogP contribution >= 0.6 is 11.3 Å². The van der Waals surface area contributed by atoms with Gasteiger partial charge in [-0.3, -0.25) is 0 Å². The predicted molar refractivity (Wildman–Crippen MR) is 68.2 cm³/mol. The van der Waals surface area contributed by atoms with Gasteiger partial charge in [-0.05, 0) is 17.9 Å². The van der Waals surface area contributed by atoms with Crippen LogP contribution in [0.2, 0.25) is 0 Å². The molecule has 0 saturated carbocycles. The number of aryl methyl sites for hydroxylation is 1. The summed E-state index contributed by atoms with van der Waals surface area (Å²) < 4.78 is 2.22. The average Bonchev–Trinajstić information content (AvgIpc) is 2.96. The minimum Gasteiger partial charge on any atom is -0.396 e. The zero-order valence-corrected chi connectivity index (χ0v) is 10.5. The molecule has 0 aliphatic carbocycles. The summed E-state index contributed by atoms with van der Waals surface area (Å²) in [4.78, 5) is 6.04. The van der Waals surface area contributed by atoms with Gasteiger partial charge in [0.2, 0.25) is 0 Å². The quantitative estimate of drug-likeness (QED) is 0.903. The van der Waals surface area contributed by atoms with Gasteiger partial charge in [0.1, 0.15) is 5.82 Å². The summed E-state index contributed by atoms with van der Waals surface area (Å²) in [5.74, 6) is 1.59. The molecule has 0 radical (unpaired) electrons. The number of nitrogens with zero attached hydrogens (tertiary/aromatic N) is 2. The number of fused-ring (bicyclic) bond motifs is 1. The molecule has 1 aliphatic rings. The maximum Gasteiger partial charge on any atom is 0.109 e. The molecule has 3 rings (SSSR count). The van der Waals surface area contributed by atoms with Crippen molar-refractivity contribution in [2.75, 3.05) is 6.61 Å². The lowest BCUT2D eigenvalue weighted by atomic mass is 10.0. The molecule has 90 valence electrons. The SMILES string of the molecule is OCC1CCc2nc(Cc3cccs3)cn2C1. The molecule has 0 spiro atoms. The summed E-state index contributed by atoms with van der Waals surface area (Å²) in [5.41, 5.74) is 1.15. The number of aliphatic hydroxyl groups excluding tert-OH is 1. The Morgan fingerprint density at radius 1 is 1.53 bits per heavy atom. The lowest BCUT2D eigenvalue weighted by Crippen LogP contribution is -2.22. The molecule has 2 aromatic heterocycles. The average molecular weight is 248 g/mol. The van der Waals surface area contributed by atoms with Crippen LogP contribution in [-0.2, 0) is 19.4 Å². The molecule has 4 heteroatoms. The van der Waals surface area contributed by atoms with Gasteiger partial charge in [0.05, 0.1) is 5.69 Å². The van der Waals surface area contributed by atoms with Crippen molar-refractivity contribution in [2.24, 2.45) is 5.92 Å². The molecular weight excluding hydrogens is 232 g/mol. The molecule has 17 heavy (non-hydrogen) atoms. The second-order valence-electron chi connectivity index (χ2n) is 4.64. The number of hydrogen-bond donors (Lipinski definition) is 1. The van der Waals surface area contributed by atoms with Crippen LogP contribution in [0.1, 0.15) is 22.8 Å². The summed E-state index contributed by atoms with van der Waals surface area (Å²) in [5, 5.41) is 11.3. The van der Waals surface area contributed by atoms with Gasteiger partial charge in [-0.1, -0.05) is 6.07 Å². The Balaban J connectivity index is 1.78. The predicted octanol–water partition coefficient (Wildman–Crippen LogP) is 2.09. The van der Waals surface area contributed by atoms with Crippen LogP contribution in [0.5, 0.6) is 0 Å². The van der Waals surface area contributed by atoms with Gasteiger partial charge < -0.3 is 9.67 Å². The van der Waals surface area contributed by atoms with E-state index in [0.717, 1.165) is 31.5 Å². The largest absolute Gasteiger partial charge is 0.396 e. The Kier molecular flexibility index (Phi) is 2.99. The third kappa shape index (κ3) is 2.28. The van der Waals surface area contributed by atoms with Crippen LogP contribution in [0.3, 0.4) is 0 Å². The van der Waals surface area contributed by atoms with Crippen molar-refractivity contribution >= 4 is 11.3 Å². The van der Waals surface area contributed by atoms with Crippen LogP contribution in [0.25, 0.3) is 0 Å². The summed E-state index contributed by atoms with van der Waals surface area (Å²) in [7, 11) is 0. The fourth-order valence-electron chi connectivity index (χ4n) is 2.40. The molecule has 3 heterocycles. The monoisotopic (exact) mass is 248 g/mol. The molecule has 3 nitrogen and oxygen atoms in total. The number of aliphatic hydroxyl groups is 1.